The second-order valence-electron chi connectivity index (χ2n) is 4.39. The lowest BCUT2D eigenvalue weighted by Crippen LogP contribution is -2.30. The molecule has 0 aromatic carbocycles. The fraction of sp³-hybridized carbons (Fsp3) is 0.385. The summed E-state index contributed by atoms with van der Waals surface area (Å²) in [6.07, 6.45) is 0. The van der Waals surface area contributed by atoms with Crippen LogP contribution in [0.2, 0.25) is 0 Å². The Morgan fingerprint density at radius 2 is 2.24 bits per heavy atom. The molecule has 2 rings (SSSR count). The maximum Gasteiger partial charge on any atom is 0.247 e. The number of hydrogen-bond donors (Lipinski definition) is 1. The standard InChI is InChI=1S/C13H17BrN2O3S2/c1-3-16(9-11-5-4-6-20-11)21(17,18)12-7-10(8-15-2)19-13(12)14/h4-7,15H,3,8-9H2,1-2H3. The molecule has 0 radical (unpaired) electrons. The van der Waals surface area contributed by atoms with Gasteiger partial charge in [0.1, 0.15) is 10.7 Å². The van der Waals surface area contributed by atoms with Crippen LogP contribution in [0.5, 0.6) is 0 Å². The van der Waals surface area contributed by atoms with Crippen molar-refractivity contribution in [2.45, 2.75) is 24.9 Å². The Morgan fingerprint density at radius 1 is 1.48 bits per heavy atom. The summed E-state index contributed by atoms with van der Waals surface area (Å²) in [4.78, 5) is 1.18. The molecule has 2 heterocycles. The van der Waals surface area contributed by atoms with Gasteiger partial charge in [0, 0.05) is 24.0 Å². The van der Waals surface area contributed by atoms with Gasteiger partial charge in [0.2, 0.25) is 10.0 Å². The predicted molar refractivity (Wildman–Crippen MR) is 86.8 cm³/mol. The topological polar surface area (TPSA) is 62.6 Å². The molecular weight excluding hydrogens is 376 g/mol. The van der Waals surface area contributed by atoms with Crippen molar-refractivity contribution in [2.75, 3.05) is 13.6 Å². The second-order valence-corrected chi connectivity index (χ2v) is 8.05. The molecule has 0 spiro atoms. The predicted octanol–water partition coefficient (Wildman–Crippen LogP) is 3.03. The summed E-state index contributed by atoms with van der Waals surface area (Å²) in [6.45, 7) is 3.08. The Hall–Kier alpha value is -0.670. The molecule has 0 amide bonds. The molecule has 0 unspecified atom stereocenters. The molecule has 2 aromatic heterocycles. The van der Waals surface area contributed by atoms with E-state index in [9.17, 15) is 8.42 Å². The van der Waals surface area contributed by atoms with Gasteiger partial charge in [-0.2, -0.15) is 4.31 Å². The highest BCUT2D eigenvalue weighted by molar-refractivity contribution is 9.10. The van der Waals surface area contributed by atoms with E-state index in [4.69, 9.17) is 4.42 Å². The number of furan rings is 1. The highest BCUT2D eigenvalue weighted by Gasteiger charge is 2.28. The summed E-state index contributed by atoms with van der Waals surface area (Å²) in [5.74, 6) is 0.579. The van der Waals surface area contributed by atoms with Crippen LogP contribution in [0, 0.1) is 0 Å². The van der Waals surface area contributed by atoms with E-state index in [0.717, 1.165) is 4.88 Å². The van der Waals surface area contributed by atoms with Gasteiger partial charge in [-0.25, -0.2) is 8.42 Å². The van der Waals surface area contributed by atoms with Crippen molar-refractivity contribution in [1.29, 1.82) is 0 Å². The smallest absolute Gasteiger partial charge is 0.247 e. The Kier molecular flexibility index (Phi) is 5.61. The SMILES string of the molecule is CCN(Cc1cccs1)S(=O)(=O)c1cc(CNC)oc1Br. The number of thiophene rings is 1. The lowest BCUT2D eigenvalue weighted by molar-refractivity contribution is 0.422. The third kappa shape index (κ3) is 3.75. The molecule has 0 atom stereocenters. The van der Waals surface area contributed by atoms with Crippen LogP contribution >= 0.6 is 27.3 Å². The van der Waals surface area contributed by atoms with Gasteiger partial charge >= 0.3 is 0 Å². The number of nitrogens with one attached hydrogen (secondary N) is 1. The Morgan fingerprint density at radius 3 is 2.81 bits per heavy atom. The number of hydrogen-bond acceptors (Lipinski definition) is 5. The van der Waals surface area contributed by atoms with E-state index in [1.807, 2.05) is 24.4 Å². The van der Waals surface area contributed by atoms with E-state index in [2.05, 4.69) is 21.2 Å². The molecule has 0 saturated carbocycles. The molecule has 0 fully saturated rings. The zero-order valence-corrected chi connectivity index (χ0v) is 15.0. The van der Waals surface area contributed by atoms with Crippen LogP contribution in [0.15, 0.2) is 37.6 Å². The van der Waals surface area contributed by atoms with Crippen molar-refractivity contribution in [3.05, 3.63) is 38.9 Å². The van der Waals surface area contributed by atoms with E-state index >= 15 is 0 Å². The van der Waals surface area contributed by atoms with Crippen LogP contribution in [-0.4, -0.2) is 26.3 Å². The van der Waals surface area contributed by atoms with Crippen LogP contribution in [-0.2, 0) is 23.1 Å². The second kappa shape index (κ2) is 7.06. The third-order valence-electron chi connectivity index (χ3n) is 2.94. The normalized spacial score (nSPS) is 12.2. The van der Waals surface area contributed by atoms with Crippen LogP contribution in [0.4, 0.5) is 0 Å². The van der Waals surface area contributed by atoms with Crippen molar-refractivity contribution in [1.82, 2.24) is 9.62 Å². The first-order valence-corrected chi connectivity index (χ1v) is 9.55. The van der Waals surface area contributed by atoms with Gasteiger partial charge in [0.25, 0.3) is 0 Å². The number of nitrogens with zero attached hydrogens (tertiary/aromatic N) is 1. The first-order chi connectivity index (χ1) is 9.98. The van der Waals surface area contributed by atoms with Crippen LogP contribution in [0.25, 0.3) is 0 Å². The van der Waals surface area contributed by atoms with Gasteiger partial charge in [-0.3, -0.25) is 0 Å². The van der Waals surface area contributed by atoms with Crippen molar-refractivity contribution in [3.63, 3.8) is 0 Å². The molecule has 5 nitrogen and oxygen atoms in total. The first-order valence-electron chi connectivity index (χ1n) is 6.44. The lowest BCUT2D eigenvalue weighted by atomic mass is 10.4. The average molecular weight is 393 g/mol. The Bertz CT molecular complexity index is 680. The van der Waals surface area contributed by atoms with Crippen LogP contribution < -0.4 is 5.32 Å². The van der Waals surface area contributed by atoms with Gasteiger partial charge in [0.15, 0.2) is 4.67 Å². The van der Waals surface area contributed by atoms with Crippen molar-refractivity contribution in [3.8, 4) is 0 Å². The number of halogens is 1. The molecule has 0 bridgehead atoms. The van der Waals surface area contributed by atoms with Crippen molar-refractivity contribution < 1.29 is 12.8 Å². The van der Waals surface area contributed by atoms with Crippen LogP contribution in [0.1, 0.15) is 17.6 Å². The van der Waals surface area contributed by atoms with E-state index in [1.54, 1.807) is 24.5 Å². The molecule has 0 saturated heterocycles. The molecule has 21 heavy (non-hydrogen) atoms. The molecule has 116 valence electrons. The zero-order chi connectivity index (χ0) is 15.5. The molecule has 0 aliphatic rings. The van der Waals surface area contributed by atoms with Gasteiger partial charge in [0.05, 0.1) is 6.54 Å². The summed E-state index contributed by atoms with van der Waals surface area (Å²) in [5.41, 5.74) is 0. The molecule has 2 aromatic rings. The molecule has 1 N–H and O–H groups in total. The van der Waals surface area contributed by atoms with E-state index in [-0.39, 0.29) is 9.56 Å². The fourth-order valence-electron chi connectivity index (χ4n) is 1.92. The zero-order valence-electron chi connectivity index (χ0n) is 11.8. The Balaban J connectivity index is 2.30. The first kappa shape index (κ1) is 16.7. The summed E-state index contributed by atoms with van der Waals surface area (Å²) >= 11 is 4.74. The minimum atomic E-state index is -3.58. The Labute approximate surface area is 137 Å². The molecule has 0 aliphatic carbocycles. The van der Waals surface area contributed by atoms with Crippen molar-refractivity contribution in [2.24, 2.45) is 0 Å². The summed E-state index contributed by atoms with van der Waals surface area (Å²) in [6, 6.07) is 5.41. The quantitative estimate of drug-likeness (QED) is 0.786. The lowest BCUT2D eigenvalue weighted by Gasteiger charge is -2.18. The highest BCUT2D eigenvalue weighted by atomic mass is 79.9. The summed E-state index contributed by atoms with van der Waals surface area (Å²) in [5, 5.41) is 4.87. The maximum absolute atomic E-state index is 12.7. The average Bonchev–Trinajstić information content (AvgIpc) is 3.06. The van der Waals surface area contributed by atoms with E-state index < -0.39 is 10.0 Å². The molecule has 0 aliphatic heterocycles. The number of rotatable bonds is 7. The van der Waals surface area contributed by atoms with Gasteiger partial charge < -0.3 is 9.73 Å². The van der Waals surface area contributed by atoms with Crippen molar-refractivity contribution >= 4 is 37.3 Å². The highest BCUT2D eigenvalue weighted by Crippen LogP contribution is 2.29. The van der Waals surface area contributed by atoms with E-state index in [0.29, 0.717) is 25.4 Å². The minimum absolute atomic E-state index is 0.172. The largest absolute Gasteiger partial charge is 0.452 e. The maximum atomic E-state index is 12.7. The van der Waals surface area contributed by atoms with Crippen LogP contribution in [0.3, 0.4) is 0 Å². The fourth-order valence-corrected chi connectivity index (χ4v) is 5.11. The van der Waals surface area contributed by atoms with Gasteiger partial charge in [-0.15, -0.1) is 11.3 Å². The van der Waals surface area contributed by atoms with Gasteiger partial charge in [-0.1, -0.05) is 13.0 Å². The summed E-state index contributed by atoms with van der Waals surface area (Å²) in [7, 11) is -1.81. The molecule has 8 heteroatoms. The minimum Gasteiger partial charge on any atom is -0.452 e. The summed E-state index contributed by atoms with van der Waals surface area (Å²) < 4.78 is 32.6. The monoisotopic (exact) mass is 392 g/mol. The number of sulfonamides is 1. The van der Waals surface area contributed by atoms with E-state index in [1.165, 1.54) is 4.31 Å². The third-order valence-corrected chi connectivity index (χ3v) is 6.58. The van der Waals surface area contributed by atoms with Gasteiger partial charge in [-0.05, 0) is 34.4 Å². The molecular formula is C13H17BrN2O3S2.